The van der Waals surface area contributed by atoms with Gasteiger partial charge < -0.3 is 19.6 Å². The molecule has 1 aromatic carbocycles. The van der Waals surface area contributed by atoms with Crippen molar-refractivity contribution in [3.05, 3.63) is 29.8 Å². The Hall–Kier alpha value is -1.79. The van der Waals surface area contributed by atoms with Crippen LogP contribution < -0.4 is 4.74 Å². The summed E-state index contributed by atoms with van der Waals surface area (Å²) in [6, 6.07) is 8.67. The van der Waals surface area contributed by atoms with Gasteiger partial charge in [-0.15, -0.1) is 0 Å². The lowest BCUT2D eigenvalue weighted by molar-refractivity contribution is 0.123. The predicted molar refractivity (Wildman–Crippen MR) is 96.6 cm³/mol. The summed E-state index contributed by atoms with van der Waals surface area (Å²) < 4.78 is 5.42. The molecule has 0 aliphatic carbocycles. The third-order valence-electron chi connectivity index (χ3n) is 5.15. The second kappa shape index (κ2) is 8.06. The maximum atomic E-state index is 12.4. The van der Waals surface area contributed by atoms with E-state index in [9.17, 15) is 4.79 Å². The first-order valence-electron chi connectivity index (χ1n) is 9.09. The zero-order valence-electron chi connectivity index (χ0n) is 15.2. The van der Waals surface area contributed by atoms with Crippen LogP contribution in [0.4, 0.5) is 4.79 Å². The fourth-order valence-electron chi connectivity index (χ4n) is 3.90. The molecular formula is C19H29N3O3. The summed E-state index contributed by atoms with van der Waals surface area (Å²) in [5, 5.41) is 8.82. The zero-order chi connectivity index (χ0) is 17.8. The molecule has 0 saturated carbocycles. The highest BCUT2D eigenvalue weighted by atomic mass is 16.5. The van der Waals surface area contributed by atoms with Gasteiger partial charge in [-0.2, -0.15) is 0 Å². The van der Waals surface area contributed by atoms with Crippen molar-refractivity contribution in [1.29, 1.82) is 0 Å². The van der Waals surface area contributed by atoms with Gasteiger partial charge in [-0.1, -0.05) is 12.1 Å². The van der Waals surface area contributed by atoms with E-state index in [1.54, 1.807) is 4.90 Å². The molecule has 4 rings (SSSR count). The lowest BCUT2D eigenvalue weighted by atomic mass is 9.94. The Labute approximate surface area is 150 Å². The van der Waals surface area contributed by atoms with Crippen molar-refractivity contribution < 1.29 is 14.6 Å². The normalized spacial score (nSPS) is 23.4. The quantitative estimate of drug-likeness (QED) is 0.880. The zero-order valence-corrected chi connectivity index (χ0v) is 15.2. The molecule has 3 fully saturated rings. The third-order valence-corrected chi connectivity index (χ3v) is 5.15. The number of aliphatic hydroxyl groups is 1. The monoisotopic (exact) mass is 347 g/mol. The number of benzene rings is 1. The van der Waals surface area contributed by atoms with Gasteiger partial charge in [0.2, 0.25) is 0 Å². The summed E-state index contributed by atoms with van der Waals surface area (Å²) in [5.41, 5.74) is 1.26. The second-order valence-corrected chi connectivity index (χ2v) is 7.32. The smallest absolute Gasteiger partial charge is 0.319 e. The molecule has 3 aliphatic rings. The van der Waals surface area contributed by atoms with Crippen molar-refractivity contribution in [1.82, 2.24) is 14.7 Å². The van der Waals surface area contributed by atoms with Gasteiger partial charge in [-0.05, 0) is 36.5 Å². The van der Waals surface area contributed by atoms with Crippen molar-refractivity contribution in [3.63, 3.8) is 0 Å². The first-order valence-corrected chi connectivity index (χ1v) is 9.09. The van der Waals surface area contributed by atoms with E-state index in [2.05, 4.69) is 17.0 Å². The van der Waals surface area contributed by atoms with Gasteiger partial charge >= 0.3 is 6.03 Å². The molecule has 3 heterocycles. The number of piperidine rings is 1. The van der Waals surface area contributed by atoms with Crippen LogP contribution in [-0.2, 0) is 6.54 Å². The third kappa shape index (κ3) is 4.44. The molecule has 3 aliphatic heterocycles. The number of rotatable bonds is 5. The van der Waals surface area contributed by atoms with E-state index in [-0.39, 0.29) is 12.6 Å². The van der Waals surface area contributed by atoms with E-state index in [0.29, 0.717) is 18.6 Å². The first-order chi connectivity index (χ1) is 12.1. The van der Waals surface area contributed by atoms with Crippen LogP contribution in [0.5, 0.6) is 5.75 Å². The van der Waals surface area contributed by atoms with Crippen LogP contribution in [0.1, 0.15) is 18.4 Å². The van der Waals surface area contributed by atoms with Gasteiger partial charge in [0.05, 0.1) is 6.61 Å². The van der Waals surface area contributed by atoms with Gasteiger partial charge in [-0.25, -0.2) is 4.79 Å². The van der Waals surface area contributed by atoms with E-state index in [1.165, 1.54) is 18.4 Å². The van der Waals surface area contributed by atoms with Crippen LogP contribution >= 0.6 is 0 Å². The predicted octanol–water partition coefficient (Wildman–Crippen LogP) is 1.64. The van der Waals surface area contributed by atoms with Crippen LogP contribution in [0, 0.1) is 5.92 Å². The summed E-state index contributed by atoms with van der Waals surface area (Å²) >= 11 is 0. The Morgan fingerprint density at radius 2 is 1.96 bits per heavy atom. The molecule has 6 nitrogen and oxygen atoms in total. The average molecular weight is 347 g/mol. The summed E-state index contributed by atoms with van der Waals surface area (Å²) in [4.78, 5) is 18.6. The Bertz CT molecular complexity index is 576. The molecule has 3 saturated heterocycles. The molecule has 2 bridgehead atoms. The fraction of sp³-hybridized carbons (Fsp3) is 0.632. The minimum atomic E-state index is 0.0285. The van der Waals surface area contributed by atoms with E-state index in [1.807, 2.05) is 31.1 Å². The lowest BCUT2D eigenvalue weighted by Crippen LogP contribution is -2.45. The van der Waals surface area contributed by atoms with Gasteiger partial charge in [-0.3, -0.25) is 4.90 Å². The largest absolute Gasteiger partial charge is 0.491 e. The van der Waals surface area contributed by atoms with Crippen molar-refractivity contribution >= 4 is 6.03 Å². The number of ether oxygens (including phenoxy) is 1. The minimum absolute atomic E-state index is 0.0285. The fourth-order valence-corrected chi connectivity index (χ4v) is 3.90. The highest BCUT2D eigenvalue weighted by Gasteiger charge is 2.36. The van der Waals surface area contributed by atoms with Crippen LogP contribution in [0.25, 0.3) is 0 Å². The van der Waals surface area contributed by atoms with E-state index < -0.39 is 0 Å². The Morgan fingerprint density at radius 1 is 1.20 bits per heavy atom. The molecule has 1 aromatic rings. The van der Waals surface area contributed by atoms with Crippen molar-refractivity contribution in [2.45, 2.75) is 25.4 Å². The number of urea groups is 1. The Kier molecular flexibility index (Phi) is 5.81. The number of carbonyl (C=O) groups excluding carboxylic acids is 1. The Balaban J connectivity index is 1.63. The summed E-state index contributed by atoms with van der Waals surface area (Å²) in [5.74, 6) is 1.35. The topological polar surface area (TPSA) is 56.3 Å². The first kappa shape index (κ1) is 18.0. The van der Waals surface area contributed by atoms with Crippen LogP contribution in [0.15, 0.2) is 24.3 Å². The number of amides is 2. The number of carbonyl (C=O) groups is 1. The van der Waals surface area contributed by atoms with Gasteiger partial charge in [0.1, 0.15) is 12.4 Å². The molecule has 0 unspecified atom stereocenters. The molecule has 138 valence electrons. The molecule has 0 spiro atoms. The SMILES string of the molecule is CN(C)C(=O)N1C[C@H]2CC[C@@H](C1)N(Cc1ccc(OCCO)cc1)C2. The maximum absolute atomic E-state index is 12.4. The highest BCUT2D eigenvalue weighted by Crippen LogP contribution is 2.29. The van der Waals surface area contributed by atoms with Crippen molar-refractivity contribution in [2.24, 2.45) is 5.92 Å². The standard InChI is InChI=1S/C19H29N3O3/c1-20(2)19(24)22-13-16-3-6-17(14-22)21(12-16)11-15-4-7-18(8-5-15)25-10-9-23/h4-5,7-8,16-17,23H,3,6,9-14H2,1-2H3/t16-,17-/m0/s1. The van der Waals surface area contributed by atoms with Crippen LogP contribution in [0.2, 0.25) is 0 Å². The van der Waals surface area contributed by atoms with E-state index in [4.69, 9.17) is 9.84 Å². The molecular weight excluding hydrogens is 318 g/mol. The van der Waals surface area contributed by atoms with Crippen molar-refractivity contribution in [2.75, 3.05) is 46.9 Å². The molecule has 25 heavy (non-hydrogen) atoms. The summed E-state index contributed by atoms with van der Waals surface area (Å²) in [6.45, 7) is 4.02. The number of nitrogens with zero attached hydrogens (tertiary/aromatic N) is 3. The molecule has 2 atom stereocenters. The average Bonchev–Trinajstić information content (AvgIpc) is 2.92. The summed E-state index contributed by atoms with van der Waals surface area (Å²) in [7, 11) is 3.65. The summed E-state index contributed by atoms with van der Waals surface area (Å²) in [6.07, 6.45) is 2.38. The minimum Gasteiger partial charge on any atom is -0.491 e. The lowest BCUT2D eigenvalue weighted by Gasteiger charge is -2.36. The number of fused-ring (bicyclic) bond motifs is 4. The molecule has 0 aromatic heterocycles. The van der Waals surface area contributed by atoms with E-state index >= 15 is 0 Å². The Morgan fingerprint density at radius 3 is 2.64 bits per heavy atom. The van der Waals surface area contributed by atoms with Crippen LogP contribution in [-0.4, -0.2) is 78.8 Å². The van der Waals surface area contributed by atoms with Gasteiger partial charge in [0, 0.05) is 46.3 Å². The molecule has 6 heteroatoms. The number of hydrogen-bond acceptors (Lipinski definition) is 4. The molecule has 2 amide bonds. The molecule has 0 radical (unpaired) electrons. The van der Waals surface area contributed by atoms with Crippen molar-refractivity contribution in [3.8, 4) is 5.75 Å². The number of hydrogen-bond donors (Lipinski definition) is 1. The molecule has 1 N–H and O–H groups in total. The maximum Gasteiger partial charge on any atom is 0.319 e. The second-order valence-electron chi connectivity index (χ2n) is 7.32. The van der Waals surface area contributed by atoms with Gasteiger partial charge in [0.25, 0.3) is 0 Å². The van der Waals surface area contributed by atoms with Gasteiger partial charge in [0.15, 0.2) is 0 Å². The highest BCUT2D eigenvalue weighted by molar-refractivity contribution is 5.74. The van der Waals surface area contributed by atoms with Crippen LogP contribution in [0.3, 0.4) is 0 Å². The number of aliphatic hydroxyl groups excluding tert-OH is 1. The van der Waals surface area contributed by atoms with E-state index in [0.717, 1.165) is 31.9 Å².